The number of fused-ring (bicyclic) bond motifs is 1. The number of aliphatic hydroxyl groups excluding tert-OH is 1. The number of aliphatic hydroxyl groups is 1. The number of aryl methyl sites for hydroxylation is 1. The van der Waals surface area contributed by atoms with Crippen molar-refractivity contribution in [3.05, 3.63) is 17.0 Å². The highest BCUT2D eigenvalue weighted by Gasteiger charge is 2.29. The summed E-state index contributed by atoms with van der Waals surface area (Å²) >= 11 is 0. The van der Waals surface area contributed by atoms with Crippen molar-refractivity contribution in [2.75, 3.05) is 13.2 Å². The van der Waals surface area contributed by atoms with Gasteiger partial charge in [0.15, 0.2) is 5.69 Å². The third-order valence-corrected chi connectivity index (χ3v) is 2.66. The molecule has 17 heavy (non-hydrogen) atoms. The highest BCUT2D eigenvalue weighted by molar-refractivity contribution is 5.99. The number of carboxylic acids is 1. The van der Waals surface area contributed by atoms with Gasteiger partial charge >= 0.3 is 5.97 Å². The van der Waals surface area contributed by atoms with Crippen molar-refractivity contribution in [3.63, 3.8) is 0 Å². The Balaban J connectivity index is 2.45. The summed E-state index contributed by atoms with van der Waals surface area (Å²) in [6, 6.07) is 0. The van der Waals surface area contributed by atoms with Gasteiger partial charge in [0.05, 0.1) is 0 Å². The molecule has 1 aromatic rings. The van der Waals surface area contributed by atoms with Crippen molar-refractivity contribution >= 4 is 11.9 Å². The van der Waals surface area contributed by atoms with E-state index < -0.39 is 5.97 Å². The highest BCUT2D eigenvalue weighted by atomic mass is 16.4. The second kappa shape index (κ2) is 4.54. The molecule has 1 amide bonds. The summed E-state index contributed by atoms with van der Waals surface area (Å²) in [5.41, 5.74) is 0.731. The molecule has 2 heterocycles. The van der Waals surface area contributed by atoms with Crippen LogP contribution in [0.2, 0.25) is 0 Å². The largest absolute Gasteiger partial charge is 0.476 e. The van der Waals surface area contributed by atoms with Gasteiger partial charge in [-0.15, -0.1) is 0 Å². The molecular formula is C10H13N3O4. The number of carboxylic acid groups (broad SMARTS) is 1. The molecule has 2 rings (SSSR count). The normalized spacial score (nSPS) is 14.3. The Bertz CT molecular complexity index is 466. The van der Waals surface area contributed by atoms with Gasteiger partial charge in [-0.1, -0.05) is 0 Å². The van der Waals surface area contributed by atoms with Gasteiger partial charge in [0, 0.05) is 25.3 Å². The summed E-state index contributed by atoms with van der Waals surface area (Å²) in [6.45, 7) is 0.732. The zero-order valence-corrected chi connectivity index (χ0v) is 9.14. The molecule has 0 unspecified atom stereocenters. The third kappa shape index (κ3) is 2.01. The van der Waals surface area contributed by atoms with Crippen molar-refractivity contribution in [1.29, 1.82) is 0 Å². The molecule has 1 aliphatic heterocycles. The van der Waals surface area contributed by atoms with Crippen LogP contribution in [-0.2, 0) is 13.0 Å². The number of aromatic nitrogens is 2. The van der Waals surface area contributed by atoms with Crippen molar-refractivity contribution in [1.82, 2.24) is 15.1 Å². The minimum atomic E-state index is -1.13. The molecule has 3 N–H and O–H groups in total. The van der Waals surface area contributed by atoms with Gasteiger partial charge in [0.25, 0.3) is 5.91 Å². The smallest absolute Gasteiger partial charge is 0.356 e. The number of aromatic carboxylic acids is 1. The average Bonchev–Trinajstić information content (AvgIpc) is 2.67. The number of nitrogens with one attached hydrogen (secondary N) is 1. The Morgan fingerprint density at radius 3 is 2.94 bits per heavy atom. The van der Waals surface area contributed by atoms with Crippen molar-refractivity contribution < 1.29 is 19.8 Å². The van der Waals surface area contributed by atoms with Crippen LogP contribution in [0.15, 0.2) is 0 Å². The number of carbonyl (C=O) groups excluding carboxylic acids is 1. The second-order valence-electron chi connectivity index (χ2n) is 3.79. The Morgan fingerprint density at radius 1 is 1.53 bits per heavy atom. The maximum Gasteiger partial charge on any atom is 0.356 e. The number of nitrogens with zero attached hydrogens (tertiary/aromatic N) is 2. The van der Waals surface area contributed by atoms with Gasteiger partial charge in [-0.3, -0.25) is 9.48 Å². The fraction of sp³-hybridized carbons (Fsp3) is 0.500. The fourth-order valence-electron chi connectivity index (χ4n) is 1.93. The van der Waals surface area contributed by atoms with Gasteiger partial charge in [-0.25, -0.2) is 4.79 Å². The SMILES string of the molecule is O=C(O)c1nn(CCCO)c2c1CCNC2=O. The van der Waals surface area contributed by atoms with Crippen molar-refractivity contribution in [2.24, 2.45) is 0 Å². The number of hydrogen-bond donors (Lipinski definition) is 3. The standard InChI is InChI=1S/C10H13N3O4/c14-5-1-4-13-8-6(2-3-11-9(8)15)7(12-13)10(16)17/h14H,1-5H2,(H,11,15)(H,16,17). The molecule has 92 valence electrons. The lowest BCUT2D eigenvalue weighted by molar-refractivity contribution is 0.0688. The minimum Gasteiger partial charge on any atom is -0.476 e. The molecule has 0 bridgehead atoms. The van der Waals surface area contributed by atoms with Crippen LogP contribution in [0.4, 0.5) is 0 Å². The molecule has 0 saturated carbocycles. The molecule has 7 heteroatoms. The first-order chi connectivity index (χ1) is 8.15. The zero-order valence-electron chi connectivity index (χ0n) is 9.14. The number of hydrogen-bond acceptors (Lipinski definition) is 4. The van der Waals surface area contributed by atoms with Gasteiger partial charge in [0.1, 0.15) is 5.69 Å². The van der Waals surface area contributed by atoms with E-state index >= 15 is 0 Å². The van der Waals surface area contributed by atoms with Gasteiger partial charge in [0.2, 0.25) is 0 Å². The Morgan fingerprint density at radius 2 is 2.29 bits per heavy atom. The van der Waals surface area contributed by atoms with Crippen molar-refractivity contribution in [3.8, 4) is 0 Å². The maximum atomic E-state index is 11.7. The summed E-state index contributed by atoms with van der Waals surface area (Å²) in [5.74, 6) is -1.43. The second-order valence-corrected chi connectivity index (χ2v) is 3.79. The first kappa shape index (κ1) is 11.6. The Kier molecular flexibility index (Phi) is 3.10. The van der Waals surface area contributed by atoms with E-state index in [9.17, 15) is 9.59 Å². The van der Waals surface area contributed by atoms with E-state index in [0.29, 0.717) is 37.2 Å². The highest BCUT2D eigenvalue weighted by Crippen LogP contribution is 2.18. The predicted molar refractivity (Wildman–Crippen MR) is 56.9 cm³/mol. The van der Waals surface area contributed by atoms with Crippen molar-refractivity contribution in [2.45, 2.75) is 19.4 Å². The summed E-state index contributed by atoms with van der Waals surface area (Å²) in [7, 11) is 0. The molecule has 0 spiro atoms. The van der Waals surface area contributed by atoms with Crippen LogP contribution < -0.4 is 5.32 Å². The van der Waals surface area contributed by atoms with Gasteiger partial charge < -0.3 is 15.5 Å². The van der Waals surface area contributed by atoms with E-state index in [-0.39, 0.29) is 18.2 Å². The molecule has 0 radical (unpaired) electrons. The van der Waals surface area contributed by atoms with E-state index in [4.69, 9.17) is 10.2 Å². The summed E-state index contributed by atoms with van der Waals surface area (Å²) in [6.07, 6.45) is 0.905. The van der Waals surface area contributed by atoms with Crippen LogP contribution in [-0.4, -0.2) is 45.0 Å². The molecule has 1 aliphatic rings. The fourth-order valence-corrected chi connectivity index (χ4v) is 1.93. The minimum absolute atomic E-state index is 0.0291. The molecule has 0 saturated heterocycles. The Labute approximate surface area is 97.0 Å². The van der Waals surface area contributed by atoms with Crippen LogP contribution in [0.3, 0.4) is 0 Å². The van der Waals surface area contributed by atoms with E-state index in [0.717, 1.165) is 0 Å². The van der Waals surface area contributed by atoms with Gasteiger partial charge in [-0.05, 0) is 12.8 Å². The Hall–Kier alpha value is -1.89. The first-order valence-electron chi connectivity index (χ1n) is 5.37. The summed E-state index contributed by atoms with van der Waals surface area (Å²) < 4.78 is 1.36. The van der Waals surface area contributed by atoms with E-state index in [1.807, 2.05) is 0 Å². The van der Waals surface area contributed by atoms with E-state index in [1.54, 1.807) is 0 Å². The number of rotatable bonds is 4. The van der Waals surface area contributed by atoms with Crippen LogP contribution >= 0.6 is 0 Å². The quantitative estimate of drug-likeness (QED) is 0.641. The number of carbonyl (C=O) groups is 2. The number of amides is 1. The van der Waals surface area contributed by atoms with Crippen LogP contribution in [0.1, 0.15) is 33.0 Å². The topological polar surface area (TPSA) is 104 Å². The summed E-state index contributed by atoms with van der Waals surface area (Å²) in [5, 5.41) is 24.3. The zero-order chi connectivity index (χ0) is 12.4. The van der Waals surface area contributed by atoms with Crippen LogP contribution in [0.25, 0.3) is 0 Å². The first-order valence-corrected chi connectivity index (χ1v) is 5.37. The monoisotopic (exact) mass is 239 g/mol. The maximum absolute atomic E-state index is 11.7. The van der Waals surface area contributed by atoms with E-state index in [1.165, 1.54) is 4.68 Å². The van der Waals surface area contributed by atoms with Gasteiger partial charge in [-0.2, -0.15) is 5.10 Å². The molecular weight excluding hydrogens is 226 g/mol. The average molecular weight is 239 g/mol. The lowest BCUT2D eigenvalue weighted by Gasteiger charge is -2.14. The predicted octanol–water partition coefficient (Wildman–Crippen LogP) is -0.750. The molecule has 0 aromatic carbocycles. The molecule has 0 aliphatic carbocycles. The lowest BCUT2D eigenvalue weighted by Crippen LogP contribution is -2.33. The molecule has 0 fully saturated rings. The molecule has 7 nitrogen and oxygen atoms in total. The summed E-state index contributed by atoms with van der Waals surface area (Å²) in [4.78, 5) is 22.7. The van der Waals surface area contributed by atoms with Crippen LogP contribution in [0.5, 0.6) is 0 Å². The third-order valence-electron chi connectivity index (χ3n) is 2.66. The van der Waals surface area contributed by atoms with Crippen LogP contribution in [0, 0.1) is 0 Å². The molecule has 1 aromatic heterocycles. The molecule has 0 atom stereocenters. The van der Waals surface area contributed by atoms with E-state index in [2.05, 4.69) is 10.4 Å². The lowest BCUT2D eigenvalue weighted by atomic mass is 10.1.